The van der Waals surface area contributed by atoms with E-state index in [2.05, 4.69) is 0 Å². The van der Waals surface area contributed by atoms with Crippen molar-refractivity contribution < 1.29 is 9.90 Å². The molecule has 4 heteroatoms. The highest BCUT2D eigenvalue weighted by Crippen LogP contribution is 2.24. The van der Waals surface area contributed by atoms with Gasteiger partial charge >= 0.3 is 0 Å². The summed E-state index contributed by atoms with van der Waals surface area (Å²) in [6, 6.07) is 0. The third-order valence-electron chi connectivity index (χ3n) is 1.96. The Labute approximate surface area is 59.4 Å². The van der Waals surface area contributed by atoms with Crippen LogP contribution in [0.1, 0.15) is 19.3 Å². The predicted octanol–water partition coefficient (Wildman–Crippen LogP) is -0.863. The van der Waals surface area contributed by atoms with Crippen molar-refractivity contribution in [2.24, 2.45) is 11.8 Å². The molecule has 0 saturated heterocycles. The molecule has 1 aliphatic carbocycles. The van der Waals surface area contributed by atoms with Crippen LogP contribution in [0, 0.1) is 5.92 Å². The van der Waals surface area contributed by atoms with Gasteiger partial charge in [0.1, 0.15) is 0 Å². The number of aliphatic hydroxyl groups is 1. The Hall–Kier alpha value is -0.610. The minimum Gasteiger partial charge on any atom is -0.392 e. The predicted molar refractivity (Wildman–Crippen MR) is 35.7 cm³/mol. The number of nitrogens with one attached hydrogen (secondary N) is 1. The molecular formula is C6H12N2O2. The van der Waals surface area contributed by atoms with Gasteiger partial charge in [-0.25, -0.2) is 5.84 Å². The summed E-state index contributed by atoms with van der Waals surface area (Å²) in [5, 5.41) is 9.17. The number of hydrogen-bond donors (Lipinski definition) is 3. The van der Waals surface area contributed by atoms with Crippen molar-refractivity contribution in [3.8, 4) is 0 Å². The molecule has 0 aromatic heterocycles. The highest BCUT2D eigenvalue weighted by Gasteiger charge is 2.30. The standard InChI is InChI=1S/C6H12N2O2/c7-8-6(10)4-2-1-3-5(4)9/h4-5,9H,1-3,7H2,(H,8,10)/t4-,5-/m1/s1. The first kappa shape index (κ1) is 7.50. The molecule has 0 bridgehead atoms. The molecule has 1 rings (SSSR count). The molecule has 0 radical (unpaired) electrons. The molecule has 0 heterocycles. The fourth-order valence-electron chi connectivity index (χ4n) is 1.35. The number of amides is 1. The molecule has 4 nitrogen and oxygen atoms in total. The van der Waals surface area contributed by atoms with Gasteiger partial charge in [-0.1, -0.05) is 0 Å². The molecule has 1 aliphatic rings. The topological polar surface area (TPSA) is 75.3 Å². The lowest BCUT2D eigenvalue weighted by Gasteiger charge is -2.10. The molecule has 1 saturated carbocycles. The number of hydrogen-bond acceptors (Lipinski definition) is 3. The van der Waals surface area contributed by atoms with Crippen LogP contribution in [0.5, 0.6) is 0 Å². The Morgan fingerprint density at radius 3 is 2.70 bits per heavy atom. The molecule has 0 spiro atoms. The molecule has 0 unspecified atom stereocenters. The minimum atomic E-state index is -0.483. The molecule has 2 atom stereocenters. The summed E-state index contributed by atoms with van der Waals surface area (Å²) in [7, 11) is 0. The third-order valence-corrected chi connectivity index (χ3v) is 1.96. The van der Waals surface area contributed by atoms with Crippen molar-refractivity contribution >= 4 is 5.91 Å². The number of carbonyl (C=O) groups excluding carboxylic acids is 1. The van der Waals surface area contributed by atoms with Gasteiger partial charge in [0, 0.05) is 0 Å². The maximum absolute atomic E-state index is 10.8. The Morgan fingerprint density at radius 2 is 2.30 bits per heavy atom. The van der Waals surface area contributed by atoms with Gasteiger partial charge in [0.05, 0.1) is 12.0 Å². The molecule has 58 valence electrons. The second-order valence-electron chi connectivity index (χ2n) is 2.61. The largest absolute Gasteiger partial charge is 0.392 e. The first-order valence-electron chi connectivity index (χ1n) is 3.44. The van der Waals surface area contributed by atoms with Crippen LogP contribution in [-0.4, -0.2) is 17.1 Å². The Balaban J connectivity index is 2.46. The molecule has 0 aromatic rings. The van der Waals surface area contributed by atoms with Crippen molar-refractivity contribution in [2.75, 3.05) is 0 Å². The van der Waals surface area contributed by atoms with Crippen molar-refractivity contribution in [1.82, 2.24) is 5.43 Å². The highest BCUT2D eigenvalue weighted by atomic mass is 16.3. The van der Waals surface area contributed by atoms with Crippen LogP contribution in [0.2, 0.25) is 0 Å². The minimum absolute atomic E-state index is 0.245. The van der Waals surface area contributed by atoms with E-state index in [4.69, 9.17) is 5.84 Å². The lowest BCUT2D eigenvalue weighted by Crippen LogP contribution is -2.38. The quantitative estimate of drug-likeness (QED) is 0.254. The molecule has 10 heavy (non-hydrogen) atoms. The SMILES string of the molecule is NNC(=O)[C@@H]1CCC[C@H]1O. The van der Waals surface area contributed by atoms with Gasteiger partial charge in [-0.15, -0.1) is 0 Å². The second kappa shape index (κ2) is 2.98. The fraction of sp³-hybridized carbons (Fsp3) is 0.833. The van der Waals surface area contributed by atoms with E-state index in [0.717, 1.165) is 19.3 Å². The van der Waals surface area contributed by atoms with Crippen LogP contribution >= 0.6 is 0 Å². The zero-order valence-corrected chi connectivity index (χ0v) is 5.71. The Kier molecular flexibility index (Phi) is 2.24. The van der Waals surface area contributed by atoms with Gasteiger partial charge in [0.2, 0.25) is 5.91 Å². The van der Waals surface area contributed by atoms with E-state index in [1.54, 1.807) is 0 Å². The van der Waals surface area contributed by atoms with Gasteiger partial charge in [0.25, 0.3) is 0 Å². The van der Waals surface area contributed by atoms with Gasteiger partial charge in [-0.2, -0.15) is 0 Å². The summed E-state index contributed by atoms with van der Waals surface area (Å²) >= 11 is 0. The molecule has 1 amide bonds. The first-order valence-corrected chi connectivity index (χ1v) is 3.44. The first-order chi connectivity index (χ1) is 4.75. The van der Waals surface area contributed by atoms with Gasteiger partial charge in [0.15, 0.2) is 0 Å². The van der Waals surface area contributed by atoms with E-state index in [-0.39, 0.29) is 11.8 Å². The van der Waals surface area contributed by atoms with Crippen molar-refractivity contribution in [3.05, 3.63) is 0 Å². The smallest absolute Gasteiger partial charge is 0.239 e. The Bertz CT molecular complexity index is 138. The van der Waals surface area contributed by atoms with Crippen LogP contribution < -0.4 is 11.3 Å². The van der Waals surface area contributed by atoms with Crippen LogP contribution in [0.4, 0.5) is 0 Å². The summed E-state index contributed by atoms with van der Waals surface area (Å²) in [5.74, 6) is 4.38. The van der Waals surface area contributed by atoms with Gasteiger partial charge < -0.3 is 5.11 Å². The van der Waals surface area contributed by atoms with Crippen molar-refractivity contribution in [3.63, 3.8) is 0 Å². The van der Waals surface area contributed by atoms with E-state index >= 15 is 0 Å². The number of aliphatic hydroxyl groups excluding tert-OH is 1. The average molecular weight is 144 g/mol. The van der Waals surface area contributed by atoms with E-state index in [0.29, 0.717) is 0 Å². The zero-order valence-electron chi connectivity index (χ0n) is 5.71. The molecule has 0 aliphatic heterocycles. The number of nitrogens with two attached hydrogens (primary N) is 1. The lowest BCUT2D eigenvalue weighted by molar-refractivity contribution is -0.127. The Morgan fingerprint density at radius 1 is 1.60 bits per heavy atom. The molecule has 4 N–H and O–H groups in total. The van der Waals surface area contributed by atoms with Crippen LogP contribution in [-0.2, 0) is 4.79 Å². The normalized spacial score (nSPS) is 32.2. The third kappa shape index (κ3) is 1.27. The van der Waals surface area contributed by atoms with E-state index in [1.165, 1.54) is 0 Å². The summed E-state index contributed by atoms with van der Waals surface area (Å²) in [4.78, 5) is 10.8. The van der Waals surface area contributed by atoms with Crippen LogP contribution in [0.15, 0.2) is 0 Å². The highest BCUT2D eigenvalue weighted by molar-refractivity contribution is 5.78. The van der Waals surface area contributed by atoms with Crippen LogP contribution in [0.3, 0.4) is 0 Å². The maximum atomic E-state index is 10.8. The van der Waals surface area contributed by atoms with Crippen molar-refractivity contribution in [2.45, 2.75) is 25.4 Å². The summed E-state index contributed by atoms with van der Waals surface area (Å²) in [5.41, 5.74) is 2.04. The maximum Gasteiger partial charge on any atom is 0.239 e. The molecule has 0 aromatic carbocycles. The fourth-order valence-corrected chi connectivity index (χ4v) is 1.35. The summed E-state index contributed by atoms with van der Waals surface area (Å²) in [6.45, 7) is 0. The van der Waals surface area contributed by atoms with E-state index in [9.17, 15) is 9.90 Å². The van der Waals surface area contributed by atoms with Gasteiger partial charge in [-0.05, 0) is 19.3 Å². The zero-order chi connectivity index (χ0) is 7.56. The summed E-state index contributed by atoms with van der Waals surface area (Å²) in [6.07, 6.45) is 1.91. The monoisotopic (exact) mass is 144 g/mol. The number of hydrazine groups is 1. The van der Waals surface area contributed by atoms with E-state index in [1.807, 2.05) is 5.43 Å². The lowest BCUT2D eigenvalue weighted by atomic mass is 10.1. The van der Waals surface area contributed by atoms with Crippen LogP contribution in [0.25, 0.3) is 0 Å². The van der Waals surface area contributed by atoms with E-state index < -0.39 is 6.10 Å². The number of carbonyl (C=O) groups is 1. The number of rotatable bonds is 1. The molecule has 1 fully saturated rings. The summed E-state index contributed by atoms with van der Waals surface area (Å²) < 4.78 is 0. The average Bonchev–Trinajstić information content (AvgIpc) is 2.34. The molecular weight excluding hydrogens is 132 g/mol. The second-order valence-corrected chi connectivity index (χ2v) is 2.61. The van der Waals surface area contributed by atoms with Gasteiger partial charge in [-0.3, -0.25) is 10.2 Å². The van der Waals surface area contributed by atoms with Crippen molar-refractivity contribution in [1.29, 1.82) is 0 Å².